The Kier molecular flexibility index (Phi) is 6.67. The molecule has 0 heterocycles. The van der Waals surface area contributed by atoms with Crippen LogP contribution >= 0.6 is 0 Å². The third-order valence-corrected chi connectivity index (χ3v) is 3.74. The summed E-state index contributed by atoms with van der Waals surface area (Å²) in [5.41, 5.74) is 2.06. The first-order chi connectivity index (χ1) is 11.2. The van der Waals surface area contributed by atoms with E-state index in [9.17, 15) is 4.79 Å². The molecular formula is C20H25NO2. The van der Waals surface area contributed by atoms with E-state index in [2.05, 4.69) is 24.4 Å². The van der Waals surface area contributed by atoms with Crippen molar-refractivity contribution in [1.82, 2.24) is 0 Å². The molecule has 2 rings (SSSR count). The normalized spacial score (nSPS) is 11.7. The van der Waals surface area contributed by atoms with Gasteiger partial charge in [0.05, 0.1) is 6.10 Å². The Morgan fingerprint density at radius 1 is 1.13 bits per heavy atom. The van der Waals surface area contributed by atoms with E-state index in [1.54, 1.807) is 0 Å². The van der Waals surface area contributed by atoms with Crippen molar-refractivity contribution in [2.75, 3.05) is 5.32 Å². The van der Waals surface area contributed by atoms with E-state index < -0.39 is 0 Å². The van der Waals surface area contributed by atoms with Crippen molar-refractivity contribution in [1.29, 1.82) is 0 Å². The molecule has 0 aliphatic heterocycles. The van der Waals surface area contributed by atoms with Crippen LogP contribution < -0.4 is 10.1 Å². The van der Waals surface area contributed by atoms with Gasteiger partial charge < -0.3 is 10.1 Å². The molecule has 2 aromatic carbocycles. The molecule has 0 radical (unpaired) electrons. The molecule has 3 nitrogen and oxygen atoms in total. The zero-order valence-electron chi connectivity index (χ0n) is 13.9. The molecule has 1 amide bonds. The van der Waals surface area contributed by atoms with E-state index in [0.717, 1.165) is 30.7 Å². The highest BCUT2D eigenvalue weighted by atomic mass is 16.5. The smallest absolute Gasteiger partial charge is 0.224 e. The Balaban J connectivity index is 1.79. The van der Waals surface area contributed by atoms with Crippen molar-refractivity contribution >= 4 is 11.6 Å². The fraction of sp³-hybridized carbons (Fsp3) is 0.350. The average Bonchev–Trinajstić information content (AvgIpc) is 2.56. The lowest BCUT2D eigenvalue weighted by Crippen LogP contribution is -2.12. The van der Waals surface area contributed by atoms with Crippen LogP contribution in [0.5, 0.6) is 5.75 Å². The van der Waals surface area contributed by atoms with Crippen molar-refractivity contribution in [3.8, 4) is 5.75 Å². The first-order valence-corrected chi connectivity index (χ1v) is 8.28. The van der Waals surface area contributed by atoms with Crippen LogP contribution in [0.4, 0.5) is 5.69 Å². The molecule has 0 saturated heterocycles. The monoisotopic (exact) mass is 311 g/mol. The van der Waals surface area contributed by atoms with Gasteiger partial charge in [0.25, 0.3) is 0 Å². The molecule has 3 heteroatoms. The van der Waals surface area contributed by atoms with E-state index in [-0.39, 0.29) is 12.0 Å². The molecule has 0 aliphatic rings. The fourth-order valence-electron chi connectivity index (χ4n) is 2.28. The van der Waals surface area contributed by atoms with Crippen molar-refractivity contribution < 1.29 is 9.53 Å². The lowest BCUT2D eigenvalue weighted by atomic mass is 10.1. The molecule has 0 aromatic heterocycles. The molecule has 0 spiro atoms. The van der Waals surface area contributed by atoms with Gasteiger partial charge in [-0.05, 0) is 43.9 Å². The van der Waals surface area contributed by atoms with E-state index in [0.29, 0.717) is 6.42 Å². The zero-order chi connectivity index (χ0) is 16.5. The van der Waals surface area contributed by atoms with Gasteiger partial charge >= 0.3 is 0 Å². The Labute approximate surface area is 138 Å². The lowest BCUT2D eigenvalue weighted by molar-refractivity contribution is -0.116. The van der Waals surface area contributed by atoms with Crippen LogP contribution in [0.2, 0.25) is 0 Å². The average molecular weight is 311 g/mol. The SMILES string of the molecule is CCC(C)Oc1cccc(NC(=O)CCCc2ccccc2)c1. The molecule has 1 unspecified atom stereocenters. The van der Waals surface area contributed by atoms with Crippen LogP contribution in [-0.2, 0) is 11.2 Å². The molecule has 1 N–H and O–H groups in total. The molecule has 0 fully saturated rings. The Hall–Kier alpha value is -2.29. The number of carbonyl (C=O) groups excluding carboxylic acids is 1. The number of anilines is 1. The van der Waals surface area contributed by atoms with Crippen LogP contribution in [-0.4, -0.2) is 12.0 Å². The molecule has 2 aromatic rings. The molecular weight excluding hydrogens is 286 g/mol. The second-order valence-electron chi connectivity index (χ2n) is 5.75. The summed E-state index contributed by atoms with van der Waals surface area (Å²) in [5, 5.41) is 2.94. The summed E-state index contributed by atoms with van der Waals surface area (Å²) in [6.07, 6.45) is 3.41. The summed E-state index contributed by atoms with van der Waals surface area (Å²) >= 11 is 0. The van der Waals surface area contributed by atoms with Crippen molar-refractivity contribution in [2.24, 2.45) is 0 Å². The highest BCUT2D eigenvalue weighted by molar-refractivity contribution is 5.90. The van der Waals surface area contributed by atoms with Gasteiger partial charge in [-0.15, -0.1) is 0 Å². The second kappa shape index (κ2) is 8.99. The van der Waals surface area contributed by atoms with Gasteiger partial charge in [0.2, 0.25) is 5.91 Å². The minimum atomic E-state index is 0.0432. The number of benzene rings is 2. The van der Waals surface area contributed by atoms with Gasteiger partial charge in [-0.1, -0.05) is 43.3 Å². The number of rotatable bonds is 8. The quantitative estimate of drug-likeness (QED) is 0.758. The maximum Gasteiger partial charge on any atom is 0.224 e. The standard InChI is InChI=1S/C20H25NO2/c1-3-16(2)23-19-13-8-12-18(15-19)21-20(22)14-7-11-17-9-5-4-6-10-17/h4-6,8-10,12-13,15-16H,3,7,11,14H2,1-2H3,(H,21,22). The number of aryl methyl sites for hydroxylation is 1. The largest absolute Gasteiger partial charge is 0.491 e. The van der Waals surface area contributed by atoms with Gasteiger partial charge in [-0.2, -0.15) is 0 Å². The van der Waals surface area contributed by atoms with Crippen LogP contribution in [0.25, 0.3) is 0 Å². The molecule has 0 aliphatic carbocycles. The fourth-order valence-corrected chi connectivity index (χ4v) is 2.28. The third kappa shape index (κ3) is 6.15. The van der Waals surface area contributed by atoms with Gasteiger partial charge in [-0.3, -0.25) is 4.79 Å². The lowest BCUT2D eigenvalue weighted by Gasteiger charge is -2.13. The summed E-state index contributed by atoms with van der Waals surface area (Å²) in [6, 6.07) is 17.8. The van der Waals surface area contributed by atoms with Crippen LogP contribution in [0.1, 0.15) is 38.7 Å². The van der Waals surface area contributed by atoms with Gasteiger partial charge in [0, 0.05) is 18.2 Å². The van der Waals surface area contributed by atoms with Crippen LogP contribution in [0.15, 0.2) is 54.6 Å². The Morgan fingerprint density at radius 3 is 2.65 bits per heavy atom. The highest BCUT2D eigenvalue weighted by Gasteiger charge is 2.05. The molecule has 1 atom stereocenters. The first kappa shape index (κ1) is 17.1. The molecule has 23 heavy (non-hydrogen) atoms. The predicted octanol–water partition coefficient (Wildman–Crippen LogP) is 4.83. The number of carbonyl (C=O) groups is 1. The second-order valence-corrected chi connectivity index (χ2v) is 5.75. The number of hydrogen-bond acceptors (Lipinski definition) is 2. The molecule has 0 bridgehead atoms. The number of nitrogens with one attached hydrogen (secondary N) is 1. The van der Waals surface area contributed by atoms with Crippen molar-refractivity contribution in [3.63, 3.8) is 0 Å². The topological polar surface area (TPSA) is 38.3 Å². The van der Waals surface area contributed by atoms with Crippen molar-refractivity contribution in [3.05, 3.63) is 60.2 Å². The predicted molar refractivity (Wildman–Crippen MR) is 94.8 cm³/mol. The van der Waals surface area contributed by atoms with E-state index in [1.807, 2.05) is 49.4 Å². The Bertz CT molecular complexity index is 610. The third-order valence-electron chi connectivity index (χ3n) is 3.74. The summed E-state index contributed by atoms with van der Waals surface area (Å²) in [4.78, 5) is 12.0. The van der Waals surface area contributed by atoms with E-state index in [4.69, 9.17) is 4.74 Å². The van der Waals surface area contributed by atoms with E-state index in [1.165, 1.54) is 5.56 Å². The summed E-state index contributed by atoms with van der Waals surface area (Å²) in [7, 11) is 0. The van der Waals surface area contributed by atoms with Gasteiger partial charge in [0.1, 0.15) is 5.75 Å². The highest BCUT2D eigenvalue weighted by Crippen LogP contribution is 2.19. The summed E-state index contributed by atoms with van der Waals surface area (Å²) < 4.78 is 5.77. The molecule has 0 saturated carbocycles. The number of amides is 1. The van der Waals surface area contributed by atoms with Crippen LogP contribution in [0.3, 0.4) is 0 Å². The number of hydrogen-bond donors (Lipinski definition) is 1. The molecule has 122 valence electrons. The maximum absolute atomic E-state index is 12.0. The maximum atomic E-state index is 12.0. The zero-order valence-corrected chi connectivity index (χ0v) is 13.9. The summed E-state index contributed by atoms with van der Waals surface area (Å²) in [5.74, 6) is 0.836. The van der Waals surface area contributed by atoms with Gasteiger partial charge in [-0.25, -0.2) is 0 Å². The Morgan fingerprint density at radius 2 is 1.91 bits per heavy atom. The van der Waals surface area contributed by atoms with E-state index >= 15 is 0 Å². The number of ether oxygens (including phenoxy) is 1. The summed E-state index contributed by atoms with van der Waals surface area (Å²) in [6.45, 7) is 4.12. The first-order valence-electron chi connectivity index (χ1n) is 8.28. The minimum Gasteiger partial charge on any atom is -0.491 e. The van der Waals surface area contributed by atoms with Crippen molar-refractivity contribution in [2.45, 2.75) is 45.6 Å². The minimum absolute atomic E-state index is 0.0432. The van der Waals surface area contributed by atoms with Crippen LogP contribution in [0, 0.1) is 0 Å². The van der Waals surface area contributed by atoms with Gasteiger partial charge in [0.15, 0.2) is 0 Å².